The van der Waals surface area contributed by atoms with E-state index in [1.807, 2.05) is 60.0 Å². The second-order valence-electron chi connectivity index (χ2n) is 6.80. The van der Waals surface area contributed by atoms with Gasteiger partial charge in [0, 0.05) is 10.9 Å². The molecule has 0 radical (unpaired) electrons. The van der Waals surface area contributed by atoms with E-state index in [2.05, 4.69) is 20.3 Å². The third kappa shape index (κ3) is 3.99. The second kappa shape index (κ2) is 8.26. The summed E-state index contributed by atoms with van der Waals surface area (Å²) in [6.07, 6.45) is 0. The van der Waals surface area contributed by atoms with Gasteiger partial charge in [0.15, 0.2) is 10.3 Å². The van der Waals surface area contributed by atoms with Gasteiger partial charge < -0.3 is 10.3 Å². The third-order valence-electron chi connectivity index (χ3n) is 4.69. The molecule has 2 aromatic carbocycles. The third-order valence-corrected chi connectivity index (χ3v) is 7.50. The molecule has 0 saturated heterocycles. The summed E-state index contributed by atoms with van der Waals surface area (Å²) in [6, 6.07) is 17.5. The molecule has 3 aromatic heterocycles. The van der Waals surface area contributed by atoms with Gasteiger partial charge in [-0.15, -0.1) is 11.3 Å². The van der Waals surface area contributed by atoms with Crippen molar-refractivity contribution in [2.75, 3.05) is 5.32 Å². The molecule has 1 atom stereocenters. The highest BCUT2D eigenvalue weighted by molar-refractivity contribution is 8.00. The first-order valence-corrected chi connectivity index (χ1v) is 12.1. The van der Waals surface area contributed by atoms with Crippen molar-refractivity contribution < 1.29 is 4.79 Å². The summed E-state index contributed by atoms with van der Waals surface area (Å²) in [5, 5.41) is 5.90. The number of aromatic amines is 1. The van der Waals surface area contributed by atoms with Crippen LogP contribution in [0.5, 0.6) is 0 Å². The molecule has 1 unspecified atom stereocenters. The van der Waals surface area contributed by atoms with Crippen molar-refractivity contribution in [1.29, 1.82) is 0 Å². The lowest BCUT2D eigenvalue weighted by molar-refractivity contribution is -0.115. The summed E-state index contributed by atoms with van der Waals surface area (Å²) < 4.78 is 1.02. The number of amides is 1. The summed E-state index contributed by atoms with van der Waals surface area (Å²) in [6.45, 7) is 1.78. The Labute approximate surface area is 189 Å². The molecule has 0 spiro atoms. The van der Waals surface area contributed by atoms with E-state index in [1.165, 1.54) is 34.4 Å². The molecule has 9 heteroatoms. The number of carbonyl (C=O) groups is 1. The Bertz CT molecular complexity index is 1420. The van der Waals surface area contributed by atoms with Crippen LogP contribution in [0.1, 0.15) is 6.92 Å². The number of rotatable bonds is 5. The van der Waals surface area contributed by atoms with Crippen LogP contribution in [0, 0.1) is 0 Å². The van der Waals surface area contributed by atoms with Crippen LogP contribution >= 0.6 is 34.4 Å². The molecule has 0 saturated carbocycles. The van der Waals surface area contributed by atoms with Crippen molar-refractivity contribution in [2.24, 2.45) is 0 Å². The van der Waals surface area contributed by atoms with Gasteiger partial charge in [-0.2, -0.15) is 0 Å². The summed E-state index contributed by atoms with van der Waals surface area (Å²) in [7, 11) is 0. The number of thiazole rings is 1. The molecule has 6 nitrogen and oxygen atoms in total. The number of hydrogen-bond acceptors (Lipinski definition) is 7. The maximum absolute atomic E-state index is 12.8. The SMILES string of the molecule is CC(Sc1nc2scc(-c3ccccc3)c2c(=O)[nH]1)C(=O)Nc1nc2ccccc2s1. The summed E-state index contributed by atoms with van der Waals surface area (Å²) in [4.78, 5) is 37.9. The highest BCUT2D eigenvalue weighted by Crippen LogP contribution is 2.32. The lowest BCUT2D eigenvalue weighted by atomic mass is 10.1. The molecule has 2 N–H and O–H groups in total. The number of anilines is 1. The molecule has 0 fully saturated rings. The van der Waals surface area contributed by atoms with Gasteiger partial charge in [-0.05, 0) is 24.6 Å². The first-order chi connectivity index (χ1) is 15.1. The average Bonchev–Trinajstić information content (AvgIpc) is 3.38. The Morgan fingerprint density at radius 3 is 2.68 bits per heavy atom. The lowest BCUT2D eigenvalue weighted by Crippen LogP contribution is -2.23. The number of benzene rings is 2. The predicted octanol–water partition coefficient (Wildman–Crippen LogP) is 5.38. The van der Waals surface area contributed by atoms with Crippen LogP contribution in [-0.4, -0.2) is 26.1 Å². The minimum atomic E-state index is -0.457. The Hall–Kier alpha value is -3.01. The van der Waals surface area contributed by atoms with Crippen molar-refractivity contribution >= 4 is 65.9 Å². The van der Waals surface area contributed by atoms with Crippen LogP contribution < -0.4 is 10.9 Å². The van der Waals surface area contributed by atoms with E-state index < -0.39 is 5.25 Å². The van der Waals surface area contributed by atoms with E-state index in [1.54, 1.807) is 6.92 Å². The number of thioether (sulfide) groups is 1. The zero-order valence-corrected chi connectivity index (χ0v) is 18.7. The van der Waals surface area contributed by atoms with Crippen molar-refractivity contribution in [3.63, 3.8) is 0 Å². The minimum absolute atomic E-state index is 0.192. The topological polar surface area (TPSA) is 87.7 Å². The van der Waals surface area contributed by atoms with Crippen molar-refractivity contribution in [3.8, 4) is 11.1 Å². The van der Waals surface area contributed by atoms with E-state index in [-0.39, 0.29) is 11.5 Å². The highest BCUT2D eigenvalue weighted by atomic mass is 32.2. The smallest absolute Gasteiger partial charge is 0.260 e. The number of thiophene rings is 1. The molecule has 3 heterocycles. The fraction of sp³-hybridized carbons (Fsp3) is 0.0909. The summed E-state index contributed by atoms with van der Waals surface area (Å²) in [5.74, 6) is -0.192. The van der Waals surface area contributed by atoms with Gasteiger partial charge >= 0.3 is 0 Å². The highest BCUT2D eigenvalue weighted by Gasteiger charge is 2.19. The zero-order valence-electron chi connectivity index (χ0n) is 16.3. The van der Waals surface area contributed by atoms with Crippen molar-refractivity contribution in [2.45, 2.75) is 17.3 Å². The molecular weight excluding hydrogens is 448 g/mol. The van der Waals surface area contributed by atoms with E-state index >= 15 is 0 Å². The van der Waals surface area contributed by atoms with E-state index in [0.29, 0.717) is 20.5 Å². The van der Waals surface area contributed by atoms with Gasteiger partial charge in [-0.1, -0.05) is 65.6 Å². The monoisotopic (exact) mass is 464 g/mol. The molecule has 0 aliphatic carbocycles. The van der Waals surface area contributed by atoms with Gasteiger partial charge in [0.2, 0.25) is 5.91 Å². The average molecular weight is 465 g/mol. The molecular formula is C22H16N4O2S3. The normalized spacial score (nSPS) is 12.3. The van der Waals surface area contributed by atoms with Crippen LogP contribution in [0.25, 0.3) is 31.6 Å². The number of H-pyrrole nitrogens is 1. The molecule has 31 heavy (non-hydrogen) atoms. The first kappa shape index (κ1) is 19.9. The van der Waals surface area contributed by atoms with E-state index in [9.17, 15) is 9.59 Å². The standard InChI is InChI=1S/C22H16N4O2S3/c1-12(18(27)24-21-23-15-9-5-6-10-16(15)31-21)30-22-25-19(28)17-14(11-29-20(17)26-22)13-7-3-2-4-8-13/h2-12H,1H3,(H,23,24,27)(H,25,26,28). The van der Waals surface area contributed by atoms with Crippen LogP contribution in [0.15, 0.2) is 69.9 Å². The van der Waals surface area contributed by atoms with Gasteiger partial charge in [0.25, 0.3) is 5.56 Å². The van der Waals surface area contributed by atoms with Crippen LogP contribution in [0.2, 0.25) is 0 Å². The van der Waals surface area contributed by atoms with Crippen molar-refractivity contribution in [3.05, 3.63) is 70.3 Å². The van der Waals surface area contributed by atoms with Crippen molar-refractivity contribution in [1.82, 2.24) is 15.0 Å². The second-order valence-corrected chi connectivity index (χ2v) is 10.0. The minimum Gasteiger partial charge on any atom is -0.301 e. The number of nitrogens with one attached hydrogen (secondary N) is 2. The quantitative estimate of drug-likeness (QED) is 0.269. The van der Waals surface area contributed by atoms with E-state index in [0.717, 1.165) is 21.3 Å². The summed E-state index contributed by atoms with van der Waals surface area (Å²) in [5.41, 5.74) is 2.50. The first-order valence-electron chi connectivity index (χ1n) is 9.48. The number of aromatic nitrogens is 3. The number of para-hydroxylation sites is 1. The molecule has 154 valence electrons. The zero-order chi connectivity index (χ0) is 21.4. The van der Waals surface area contributed by atoms with Gasteiger partial charge in [-0.25, -0.2) is 9.97 Å². The molecule has 0 aliphatic heterocycles. The fourth-order valence-corrected chi connectivity index (χ4v) is 5.84. The van der Waals surface area contributed by atoms with Gasteiger partial charge in [0.05, 0.1) is 20.9 Å². The molecule has 5 aromatic rings. The Balaban J connectivity index is 1.36. The maximum atomic E-state index is 12.8. The number of fused-ring (bicyclic) bond motifs is 2. The Morgan fingerprint density at radius 1 is 1.10 bits per heavy atom. The predicted molar refractivity (Wildman–Crippen MR) is 129 cm³/mol. The lowest BCUT2D eigenvalue weighted by Gasteiger charge is -2.09. The van der Waals surface area contributed by atoms with Gasteiger partial charge in [0.1, 0.15) is 4.83 Å². The fourth-order valence-electron chi connectivity index (χ4n) is 3.17. The van der Waals surface area contributed by atoms with Gasteiger partial charge in [-0.3, -0.25) is 9.59 Å². The Morgan fingerprint density at radius 2 is 1.87 bits per heavy atom. The number of hydrogen-bond donors (Lipinski definition) is 2. The maximum Gasteiger partial charge on any atom is 0.260 e. The molecule has 5 rings (SSSR count). The molecule has 0 aliphatic rings. The number of carbonyl (C=O) groups excluding carboxylic acids is 1. The molecule has 1 amide bonds. The van der Waals surface area contributed by atoms with Crippen LogP contribution in [-0.2, 0) is 4.79 Å². The molecule has 0 bridgehead atoms. The van der Waals surface area contributed by atoms with E-state index in [4.69, 9.17) is 0 Å². The van der Waals surface area contributed by atoms with Crippen LogP contribution in [0.4, 0.5) is 5.13 Å². The number of nitrogens with zero attached hydrogens (tertiary/aromatic N) is 2. The largest absolute Gasteiger partial charge is 0.301 e. The summed E-state index contributed by atoms with van der Waals surface area (Å²) >= 11 is 4.07. The Kier molecular flexibility index (Phi) is 5.31. The van der Waals surface area contributed by atoms with Crippen LogP contribution in [0.3, 0.4) is 0 Å².